The minimum atomic E-state index is -1.03. The summed E-state index contributed by atoms with van der Waals surface area (Å²) in [6, 6.07) is 1.97. The third-order valence-corrected chi connectivity index (χ3v) is 16.1. The zero-order valence-corrected chi connectivity index (χ0v) is 51.2. The van der Waals surface area contributed by atoms with Crippen LogP contribution in [0.1, 0.15) is 165 Å². The molecule has 0 aliphatic carbocycles. The third-order valence-electron chi connectivity index (χ3n) is 16.1. The molecular formula is C60H98N8O13. The summed E-state index contributed by atoms with van der Waals surface area (Å²) in [6.45, 7) is 20.8. The molecule has 9 amide bonds. The Labute approximate surface area is 481 Å². The Hall–Kier alpha value is -5.96. The van der Waals surface area contributed by atoms with Crippen molar-refractivity contribution in [3.05, 3.63) is 29.8 Å². The zero-order chi connectivity index (χ0) is 60.8. The van der Waals surface area contributed by atoms with E-state index in [0.717, 1.165) is 12.8 Å². The lowest BCUT2D eigenvalue weighted by atomic mass is 9.89. The lowest BCUT2D eigenvalue weighted by Gasteiger charge is -2.41. The van der Waals surface area contributed by atoms with E-state index in [0.29, 0.717) is 69.3 Å². The highest BCUT2D eigenvalue weighted by Gasteiger charge is 2.43. The Kier molecular flexibility index (Phi) is 29.0. The number of likely N-dealkylation sites (N-methyl/N-ethyl adjacent to an activating group) is 2. The van der Waals surface area contributed by atoms with Crippen LogP contribution < -0.4 is 21.3 Å². The van der Waals surface area contributed by atoms with Gasteiger partial charge < -0.3 is 45.3 Å². The molecule has 1 aromatic rings. The first-order valence-corrected chi connectivity index (χ1v) is 29.4. The molecule has 0 bridgehead atoms. The predicted molar refractivity (Wildman–Crippen MR) is 308 cm³/mol. The number of anilines is 1. The smallest absolute Gasteiger partial charge is 0.410 e. The monoisotopic (exact) mass is 1140 g/mol. The maximum Gasteiger partial charge on any atom is 0.410 e. The van der Waals surface area contributed by atoms with Gasteiger partial charge in [-0.25, -0.2) is 4.79 Å². The number of nitrogens with zero attached hydrogens (tertiary/aromatic N) is 4. The van der Waals surface area contributed by atoms with Gasteiger partial charge in [-0.3, -0.25) is 53.0 Å². The minimum absolute atomic E-state index is 0.0154. The van der Waals surface area contributed by atoms with Crippen molar-refractivity contribution in [2.24, 2.45) is 29.6 Å². The van der Waals surface area contributed by atoms with Crippen molar-refractivity contribution in [2.45, 2.75) is 215 Å². The molecule has 2 aliphatic rings. The number of hydrogen-bond acceptors (Lipinski definition) is 13. The van der Waals surface area contributed by atoms with E-state index < -0.39 is 78.1 Å². The Morgan fingerprint density at radius 3 is 1.90 bits per heavy atom. The van der Waals surface area contributed by atoms with E-state index in [1.165, 1.54) is 30.9 Å². The number of carbonyl (C=O) groups excluding carboxylic acids is 10. The molecule has 4 N–H and O–H groups in total. The van der Waals surface area contributed by atoms with E-state index >= 15 is 0 Å². The number of methoxy groups -OCH3 is 2. The van der Waals surface area contributed by atoms with Crippen LogP contribution in [0.15, 0.2) is 24.3 Å². The fourth-order valence-electron chi connectivity index (χ4n) is 10.9. The summed E-state index contributed by atoms with van der Waals surface area (Å²) >= 11 is 0. The van der Waals surface area contributed by atoms with Crippen LogP contribution in [0, 0.1) is 29.6 Å². The molecule has 0 radical (unpaired) electrons. The highest BCUT2D eigenvalue weighted by molar-refractivity contribution is 6.02. The van der Waals surface area contributed by atoms with Crippen molar-refractivity contribution in [3.8, 4) is 0 Å². The molecule has 21 heteroatoms. The molecule has 1 unspecified atom stereocenters. The fourth-order valence-corrected chi connectivity index (χ4v) is 10.9. The van der Waals surface area contributed by atoms with Gasteiger partial charge in [0.05, 0.1) is 30.7 Å². The van der Waals surface area contributed by atoms with Gasteiger partial charge in [-0.05, 0) is 80.4 Å². The molecule has 21 nitrogen and oxygen atoms in total. The minimum Gasteiger partial charge on any atom is -0.445 e. The maximum atomic E-state index is 14.6. The lowest BCUT2D eigenvalue weighted by Crippen LogP contribution is -2.60. The van der Waals surface area contributed by atoms with E-state index in [4.69, 9.17) is 14.2 Å². The van der Waals surface area contributed by atoms with E-state index in [1.807, 2.05) is 41.5 Å². The number of ether oxygens (including phenoxy) is 3. The van der Waals surface area contributed by atoms with Gasteiger partial charge in [0.25, 0.3) is 0 Å². The normalized spacial score (nSPS) is 17.9. The van der Waals surface area contributed by atoms with Gasteiger partial charge in [0.1, 0.15) is 36.6 Å². The molecule has 2 aliphatic heterocycles. The van der Waals surface area contributed by atoms with Crippen LogP contribution in [-0.2, 0) is 64.0 Å². The van der Waals surface area contributed by atoms with Crippen molar-refractivity contribution in [3.63, 3.8) is 0 Å². The standard InChI is InChI=1S/C60H98N8O13/c1-16-18-23-44(62-57(75)51(36(3)4)63-47(70)25-20-19-21-32-68-48(71)30-31-49(68)72)56(74)61-43-28-26-42(27-29-43)35-81-60(78)66(13)53(38(7)8)58(76)64-52(37(5)6)59(77)65(12)54(39(9)17-2)46(79-14)34-50(73)67-33-22-24-45(67)55(80-15)40(10)41(11)69/h26-29,36-40,44-46,51-55H,16-25,30-35H2,1-15H3,(H,61,74)(H,62,75)(H,63,70)(H,64,76)/t39-,40-,44-,45-,46+,51-,52-,53?,54-,55+/m0/s1. The van der Waals surface area contributed by atoms with Crippen molar-refractivity contribution < 1.29 is 62.2 Å². The summed E-state index contributed by atoms with van der Waals surface area (Å²) in [5, 5.41) is 11.5. The van der Waals surface area contributed by atoms with E-state index in [1.54, 1.807) is 75.9 Å². The molecule has 81 heavy (non-hydrogen) atoms. The number of unbranched alkanes of at least 4 members (excludes halogenated alkanes) is 3. The first-order valence-electron chi connectivity index (χ1n) is 29.4. The molecule has 0 aromatic heterocycles. The summed E-state index contributed by atoms with van der Waals surface area (Å²) in [7, 11) is 6.20. The number of rotatable bonds is 34. The topological polar surface area (TPSA) is 259 Å². The summed E-state index contributed by atoms with van der Waals surface area (Å²) in [6.07, 6.45) is 4.32. The van der Waals surface area contributed by atoms with Crippen molar-refractivity contribution in [1.29, 1.82) is 0 Å². The average molecular weight is 1140 g/mol. The number of ketones is 1. The molecule has 0 spiro atoms. The second kappa shape index (κ2) is 33.8. The number of nitrogens with one attached hydrogen (secondary N) is 4. The maximum absolute atomic E-state index is 14.6. The first-order chi connectivity index (χ1) is 38.2. The number of Topliss-reactive ketones (excluding diaryl/α,β-unsaturated/α-hetero) is 1. The quantitative estimate of drug-likeness (QED) is 0.0431. The summed E-state index contributed by atoms with van der Waals surface area (Å²) in [5.41, 5.74) is 1.02. The Balaban J connectivity index is 1.63. The molecular weight excluding hydrogens is 1040 g/mol. The van der Waals surface area contributed by atoms with Crippen LogP contribution >= 0.6 is 0 Å². The zero-order valence-electron chi connectivity index (χ0n) is 51.2. The van der Waals surface area contributed by atoms with Gasteiger partial charge in [0.15, 0.2) is 0 Å². The predicted octanol–water partition coefficient (Wildman–Crippen LogP) is 6.39. The second-order valence-electron chi connectivity index (χ2n) is 23.2. The van der Waals surface area contributed by atoms with Gasteiger partial charge >= 0.3 is 6.09 Å². The Morgan fingerprint density at radius 2 is 1.36 bits per heavy atom. The van der Waals surface area contributed by atoms with Gasteiger partial charge in [0, 0.05) is 72.3 Å². The van der Waals surface area contributed by atoms with Crippen LogP contribution in [0.4, 0.5) is 10.5 Å². The summed E-state index contributed by atoms with van der Waals surface area (Å²) in [5.74, 6) is -4.25. The van der Waals surface area contributed by atoms with Crippen LogP contribution in [0.2, 0.25) is 0 Å². The Bertz CT molecular complexity index is 2260. The highest BCUT2D eigenvalue weighted by atomic mass is 16.6. The van der Waals surface area contributed by atoms with Gasteiger partial charge in [-0.1, -0.05) is 107 Å². The van der Waals surface area contributed by atoms with E-state index in [-0.39, 0.29) is 91.4 Å². The van der Waals surface area contributed by atoms with E-state index in [9.17, 15) is 47.9 Å². The number of hydrogen-bond donors (Lipinski definition) is 4. The number of carbonyl (C=O) groups is 10. The largest absolute Gasteiger partial charge is 0.445 e. The van der Waals surface area contributed by atoms with Crippen LogP contribution in [-0.4, -0.2) is 169 Å². The number of likely N-dealkylation sites (tertiary alicyclic amines) is 2. The average Bonchev–Trinajstić information content (AvgIpc) is 4.07. The lowest BCUT2D eigenvalue weighted by molar-refractivity contribution is -0.147. The van der Waals surface area contributed by atoms with Crippen LogP contribution in [0.5, 0.6) is 0 Å². The molecule has 2 saturated heterocycles. The number of benzene rings is 1. The number of imide groups is 1. The molecule has 10 atom stereocenters. The molecule has 3 rings (SSSR count). The fraction of sp³-hybridized carbons (Fsp3) is 0.733. The van der Waals surface area contributed by atoms with Crippen LogP contribution in [0.3, 0.4) is 0 Å². The summed E-state index contributed by atoms with van der Waals surface area (Å²) < 4.78 is 17.5. The van der Waals surface area contributed by atoms with Gasteiger partial charge in [0.2, 0.25) is 47.3 Å². The van der Waals surface area contributed by atoms with Crippen LogP contribution in [0.25, 0.3) is 0 Å². The first kappa shape index (κ1) is 69.3. The van der Waals surface area contributed by atoms with Gasteiger partial charge in [-0.15, -0.1) is 0 Å². The van der Waals surface area contributed by atoms with E-state index in [2.05, 4.69) is 21.3 Å². The molecule has 0 saturated carbocycles. The Morgan fingerprint density at radius 1 is 0.728 bits per heavy atom. The van der Waals surface area contributed by atoms with Crippen molar-refractivity contribution in [2.75, 3.05) is 46.7 Å². The molecule has 1 aromatic carbocycles. The molecule has 2 heterocycles. The second-order valence-corrected chi connectivity index (χ2v) is 23.2. The molecule has 2 fully saturated rings. The summed E-state index contributed by atoms with van der Waals surface area (Å²) in [4.78, 5) is 139. The highest BCUT2D eigenvalue weighted by Crippen LogP contribution is 2.30. The molecule has 456 valence electrons. The van der Waals surface area contributed by atoms with Crippen molar-refractivity contribution in [1.82, 2.24) is 35.6 Å². The van der Waals surface area contributed by atoms with Gasteiger partial charge in [-0.2, -0.15) is 0 Å². The third kappa shape index (κ3) is 20.2. The van der Waals surface area contributed by atoms with Crippen molar-refractivity contribution >= 4 is 64.8 Å². The SMILES string of the molecule is CCCC[C@H](NC(=O)[C@@H](NC(=O)CCCCCN1C(=O)CCC1=O)C(C)C)C(=O)Nc1ccc(COC(=O)N(C)C(C(=O)N[C@H](C(=O)N(C)[C@@H]([C@@H](C)CC)[C@@H](CC(=O)N2CCC[C@H]2[C@H](OC)[C@@H](C)C(C)=O)OC)C(C)C)C(C)C)cc1. The number of amides is 9.